The predicted octanol–water partition coefficient (Wildman–Crippen LogP) is 4.45. The molecule has 0 aliphatic carbocycles. The van der Waals surface area contributed by atoms with Crippen molar-refractivity contribution in [3.8, 4) is 0 Å². The zero-order valence-corrected chi connectivity index (χ0v) is 21.2. The highest BCUT2D eigenvalue weighted by molar-refractivity contribution is 7.93. The fourth-order valence-electron chi connectivity index (χ4n) is 3.81. The molecule has 0 unspecified atom stereocenters. The van der Waals surface area contributed by atoms with E-state index in [0.29, 0.717) is 23.1 Å². The Labute approximate surface area is 215 Å². The molecule has 5 rings (SSSR count). The van der Waals surface area contributed by atoms with Crippen molar-refractivity contribution < 1.29 is 20.5 Å². The zero-order chi connectivity index (χ0) is 24.8. The summed E-state index contributed by atoms with van der Waals surface area (Å²) in [5.74, 6) is -0.158. The number of anilines is 3. The van der Waals surface area contributed by atoms with Crippen LogP contribution >= 0.6 is 22.9 Å². The normalized spacial score (nSPS) is 16.1. The van der Waals surface area contributed by atoms with Crippen LogP contribution in [0.5, 0.6) is 0 Å². The number of thiazole rings is 1. The predicted molar refractivity (Wildman–Crippen MR) is 142 cm³/mol. The van der Waals surface area contributed by atoms with E-state index in [9.17, 15) is 17.6 Å². The van der Waals surface area contributed by atoms with Crippen LogP contribution in [0.1, 0.15) is 15.7 Å². The Morgan fingerprint density at radius 3 is 2.49 bits per heavy atom. The van der Waals surface area contributed by atoms with Crippen molar-refractivity contribution in [3.05, 3.63) is 64.9 Å². The van der Waals surface area contributed by atoms with Crippen molar-refractivity contribution >= 4 is 55.4 Å². The van der Waals surface area contributed by atoms with E-state index in [1.807, 2.05) is 0 Å². The van der Waals surface area contributed by atoms with Gasteiger partial charge in [0.2, 0.25) is 5.91 Å². The molecule has 0 spiro atoms. The second-order valence-corrected chi connectivity index (χ2v) is 10.9. The van der Waals surface area contributed by atoms with Gasteiger partial charge in [-0.25, -0.2) is 17.8 Å². The van der Waals surface area contributed by atoms with Crippen molar-refractivity contribution in [1.82, 2.24) is 10.3 Å². The van der Waals surface area contributed by atoms with Crippen LogP contribution in [0.25, 0.3) is 0 Å². The first-order valence-electron chi connectivity index (χ1n) is 11.1. The lowest BCUT2D eigenvalue weighted by atomic mass is 10.2. The van der Waals surface area contributed by atoms with E-state index in [4.69, 9.17) is 11.6 Å². The lowest BCUT2D eigenvalue weighted by molar-refractivity contribution is -0.117. The molecule has 12 heteroatoms. The third kappa shape index (κ3) is 6.49. The highest BCUT2D eigenvalue weighted by Gasteiger charge is 2.22. The molecule has 0 atom stereocenters. The summed E-state index contributed by atoms with van der Waals surface area (Å²) in [6, 6.07) is 10.8. The van der Waals surface area contributed by atoms with Gasteiger partial charge in [-0.2, -0.15) is 0 Å². The molecule has 0 saturated carbocycles. The van der Waals surface area contributed by atoms with Gasteiger partial charge in [0.1, 0.15) is 5.82 Å². The van der Waals surface area contributed by atoms with Crippen LogP contribution in [0.3, 0.4) is 0 Å². The molecular weight excluding hydrogens is 513 g/mol. The van der Waals surface area contributed by atoms with Gasteiger partial charge >= 0.3 is 0 Å². The molecule has 2 saturated heterocycles. The summed E-state index contributed by atoms with van der Waals surface area (Å²) < 4.78 is 39.8. The van der Waals surface area contributed by atoms with Crippen molar-refractivity contribution in [2.24, 2.45) is 0 Å². The van der Waals surface area contributed by atoms with Crippen molar-refractivity contribution in [2.75, 3.05) is 47.2 Å². The van der Waals surface area contributed by atoms with E-state index in [1.54, 1.807) is 28.5 Å². The number of aromatic nitrogens is 1. The number of rotatable bonds is 5. The Hall–Kier alpha value is -2.73. The number of halogens is 2. The fraction of sp³-hybridized carbons (Fsp3) is 0.304. The largest absolute Gasteiger partial charge is 0.368 e. The molecule has 1 aromatic heterocycles. The maximum Gasteiger partial charge on any atom is 0.263 e. The number of nitrogens with zero attached hydrogens (tertiary/aromatic N) is 3. The Kier molecular flexibility index (Phi) is 8.22. The molecule has 2 aliphatic rings. The van der Waals surface area contributed by atoms with E-state index >= 15 is 0 Å². The Balaban J connectivity index is 0.000000265. The van der Waals surface area contributed by atoms with Gasteiger partial charge in [-0.3, -0.25) is 9.52 Å². The average molecular weight is 542 g/mol. The lowest BCUT2D eigenvalue weighted by Crippen LogP contribution is -2.43. The van der Waals surface area contributed by atoms with Crippen LogP contribution in [0, 0.1) is 5.82 Å². The zero-order valence-electron chi connectivity index (χ0n) is 18.8. The van der Waals surface area contributed by atoms with Gasteiger partial charge in [0.05, 0.1) is 15.6 Å². The molecule has 2 aliphatic heterocycles. The average Bonchev–Trinajstić information content (AvgIpc) is 3.53. The molecule has 2 aromatic carbocycles. The maximum absolute atomic E-state index is 13.0. The smallest absolute Gasteiger partial charge is 0.263 e. The lowest BCUT2D eigenvalue weighted by Gasteiger charge is -2.30. The number of sulfonamides is 1. The van der Waals surface area contributed by atoms with Gasteiger partial charge in [0.15, 0.2) is 5.13 Å². The molecule has 2 fully saturated rings. The third-order valence-corrected chi connectivity index (χ3v) is 8.04. The van der Waals surface area contributed by atoms with Crippen molar-refractivity contribution in [3.63, 3.8) is 0 Å². The number of hydrogen-bond acceptors (Lipinski definition) is 7. The summed E-state index contributed by atoms with van der Waals surface area (Å²) >= 11 is 7.21. The van der Waals surface area contributed by atoms with E-state index in [1.165, 1.54) is 41.8 Å². The van der Waals surface area contributed by atoms with Crippen molar-refractivity contribution in [2.45, 2.75) is 17.7 Å². The first kappa shape index (κ1) is 25.4. The quantitative estimate of drug-likeness (QED) is 0.495. The van der Waals surface area contributed by atoms with E-state index in [0.717, 1.165) is 44.0 Å². The van der Waals surface area contributed by atoms with E-state index in [2.05, 4.69) is 19.9 Å². The van der Waals surface area contributed by atoms with Gasteiger partial charge in [0, 0.05) is 59.3 Å². The van der Waals surface area contributed by atoms with E-state index < -0.39 is 10.0 Å². The Morgan fingerprint density at radius 2 is 1.86 bits per heavy atom. The molecule has 0 bridgehead atoms. The summed E-state index contributed by atoms with van der Waals surface area (Å²) in [4.78, 5) is 19.5. The highest BCUT2D eigenvalue weighted by atomic mass is 35.5. The topological polar surface area (TPSA) is 94.6 Å². The molecule has 3 aromatic rings. The van der Waals surface area contributed by atoms with Crippen LogP contribution < -0.4 is 19.8 Å². The van der Waals surface area contributed by atoms with Crippen LogP contribution in [-0.4, -0.2) is 52.0 Å². The number of benzene rings is 2. The van der Waals surface area contributed by atoms with Crippen LogP contribution in [0.15, 0.2) is 58.9 Å². The molecule has 2 N–H and O–H groups in total. The second-order valence-electron chi connectivity index (χ2n) is 7.92. The summed E-state index contributed by atoms with van der Waals surface area (Å²) in [5.41, 5.74) is 1.53. The summed E-state index contributed by atoms with van der Waals surface area (Å²) in [7, 11) is -3.64. The molecule has 1 amide bonds. The molecule has 0 radical (unpaired) electrons. The summed E-state index contributed by atoms with van der Waals surface area (Å²) in [5, 5.41) is 5.88. The third-order valence-electron chi connectivity index (χ3n) is 5.55. The number of amides is 1. The number of carbonyl (C=O) groups excluding carboxylic acids is 1. The monoisotopic (exact) mass is 541 g/mol. The SMILES string of the molecule is Fc1ccc(Cl)c(N2CCNCC2)c1.O=C1CCCN1c1ccc(S(=O)(=O)Nc2nccs2)cc1.[HH].[HH]. The number of piperazine rings is 1. The fourth-order valence-corrected chi connectivity index (χ4v) is 5.83. The minimum atomic E-state index is -3.64. The number of nitrogens with one attached hydrogen (secondary N) is 2. The van der Waals surface area contributed by atoms with Gasteiger partial charge in [0.25, 0.3) is 10.0 Å². The molecular formula is C23H29ClFN5O3S2. The van der Waals surface area contributed by atoms with Gasteiger partial charge in [-0.05, 0) is 48.9 Å². The number of carbonyl (C=O) groups is 1. The van der Waals surface area contributed by atoms with Gasteiger partial charge in [-0.1, -0.05) is 11.6 Å². The highest BCUT2D eigenvalue weighted by Crippen LogP contribution is 2.27. The standard InChI is InChI=1S/C13H13N3O3S2.C10H12ClFN2.2H2/c17-12-2-1-8-16(12)10-3-5-11(6-4-10)21(18,19)15-13-14-7-9-20-13;11-9-2-1-8(12)7-10(9)14-5-3-13-4-6-14;;/h3-7,9H,1-2,8H2,(H,14,15);1-2,7,13H,3-6H2;2*1H. The first-order valence-corrected chi connectivity index (χ1v) is 13.8. The van der Waals surface area contributed by atoms with Gasteiger partial charge < -0.3 is 15.1 Å². The molecule has 190 valence electrons. The minimum Gasteiger partial charge on any atom is -0.368 e. The van der Waals surface area contributed by atoms with Crippen LogP contribution in [-0.2, 0) is 14.8 Å². The van der Waals surface area contributed by atoms with E-state index in [-0.39, 0.29) is 19.5 Å². The summed E-state index contributed by atoms with van der Waals surface area (Å²) in [6.45, 7) is 4.29. The molecule has 8 nitrogen and oxygen atoms in total. The minimum absolute atomic E-state index is 0. The summed E-state index contributed by atoms with van der Waals surface area (Å²) in [6.07, 6.45) is 2.92. The molecule has 3 heterocycles. The Morgan fingerprint density at radius 1 is 1.11 bits per heavy atom. The number of hydrogen-bond donors (Lipinski definition) is 2. The second kappa shape index (κ2) is 11.3. The van der Waals surface area contributed by atoms with Crippen molar-refractivity contribution in [1.29, 1.82) is 0 Å². The Bertz CT molecular complexity index is 1260. The maximum atomic E-state index is 13.0. The van der Waals surface area contributed by atoms with Crippen LogP contribution in [0.4, 0.5) is 20.9 Å². The van der Waals surface area contributed by atoms with Gasteiger partial charge in [-0.15, -0.1) is 11.3 Å². The molecule has 35 heavy (non-hydrogen) atoms. The van der Waals surface area contributed by atoms with Crippen LogP contribution in [0.2, 0.25) is 5.02 Å². The first-order chi connectivity index (χ1) is 16.8.